The number of rotatable bonds is 9. The van der Waals surface area contributed by atoms with Gasteiger partial charge in [-0.3, -0.25) is 14.7 Å². The zero-order valence-electron chi connectivity index (χ0n) is 21.7. The number of aromatic nitrogens is 2. The van der Waals surface area contributed by atoms with E-state index in [1.165, 1.54) is 18.3 Å². The van der Waals surface area contributed by atoms with Crippen LogP contribution >= 0.6 is 0 Å². The Morgan fingerprint density at radius 2 is 1.95 bits per heavy atom. The van der Waals surface area contributed by atoms with Crippen LogP contribution in [0.3, 0.4) is 0 Å². The van der Waals surface area contributed by atoms with Gasteiger partial charge in [-0.25, -0.2) is 13.4 Å². The van der Waals surface area contributed by atoms with E-state index in [1.54, 1.807) is 18.3 Å². The van der Waals surface area contributed by atoms with E-state index in [0.29, 0.717) is 50.6 Å². The van der Waals surface area contributed by atoms with E-state index in [1.807, 2.05) is 0 Å². The molecule has 2 saturated heterocycles. The molecule has 11 nitrogen and oxygen atoms in total. The van der Waals surface area contributed by atoms with Crippen LogP contribution in [0.25, 0.3) is 0 Å². The van der Waals surface area contributed by atoms with Crippen LogP contribution in [0.15, 0.2) is 46.7 Å². The lowest BCUT2D eigenvalue weighted by Crippen LogP contribution is -2.49. The number of hydrogen-bond donors (Lipinski definition) is 1. The van der Waals surface area contributed by atoms with Gasteiger partial charge in [-0.05, 0) is 38.9 Å². The molecule has 38 heavy (non-hydrogen) atoms. The number of amides is 1. The fraction of sp³-hybridized carbons (Fsp3) is 0.538. The van der Waals surface area contributed by atoms with Crippen LogP contribution in [-0.4, -0.2) is 97.1 Å². The molecule has 1 aromatic heterocycles. The predicted octanol–water partition coefficient (Wildman–Crippen LogP) is 1.70. The number of carbonyl (C=O) groups is 1. The molecule has 0 unspecified atom stereocenters. The third-order valence-electron chi connectivity index (χ3n) is 7.19. The highest BCUT2D eigenvalue weighted by atomic mass is 32.2. The topological polar surface area (TPSA) is 126 Å². The average molecular weight is 543 g/mol. The van der Waals surface area contributed by atoms with Crippen molar-refractivity contribution >= 4 is 27.3 Å². The van der Waals surface area contributed by atoms with Crippen molar-refractivity contribution in [3.05, 3.63) is 47.9 Å². The van der Waals surface area contributed by atoms with E-state index in [4.69, 9.17) is 9.57 Å². The highest BCUT2D eigenvalue weighted by Gasteiger charge is 2.37. The lowest BCUT2D eigenvalue weighted by atomic mass is 10.1. The molecule has 3 fully saturated rings. The van der Waals surface area contributed by atoms with E-state index in [-0.39, 0.29) is 27.8 Å². The van der Waals surface area contributed by atoms with E-state index in [9.17, 15) is 13.2 Å². The zero-order chi connectivity index (χ0) is 26.7. The molecule has 1 amide bonds. The normalized spacial score (nSPS) is 23.4. The highest BCUT2D eigenvalue weighted by Crippen LogP contribution is 2.33. The van der Waals surface area contributed by atoms with Crippen LogP contribution in [0, 0.1) is 0 Å². The molecule has 1 N–H and O–H groups in total. The summed E-state index contributed by atoms with van der Waals surface area (Å²) in [7, 11) is -1.20. The Kier molecular flexibility index (Phi) is 8.03. The van der Waals surface area contributed by atoms with Gasteiger partial charge in [0.15, 0.2) is 27.5 Å². The zero-order valence-corrected chi connectivity index (χ0v) is 22.6. The number of nitrogens with zero attached hydrogens (tertiary/aromatic N) is 5. The first-order chi connectivity index (χ1) is 18.3. The van der Waals surface area contributed by atoms with Crippen molar-refractivity contribution in [1.29, 1.82) is 0 Å². The lowest BCUT2D eigenvalue weighted by Gasteiger charge is -2.37. The van der Waals surface area contributed by atoms with Crippen molar-refractivity contribution in [2.75, 3.05) is 45.2 Å². The Hall–Kier alpha value is -2.93. The summed E-state index contributed by atoms with van der Waals surface area (Å²) in [6, 6.07) is 6.66. The second-order valence-electron chi connectivity index (χ2n) is 10.2. The van der Waals surface area contributed by atoms with Gasteiger partial charge in [-0.2, -0.15) is 0 Å². The Morgan fingerprint density at radius 3 is 2.58 bits per heavy atom. The maximum Gasteiger partial charge on any atom is 0.279 e. The largest absolute Gasteiger partial charge is 0.389 e. The fourth-order valence-corrected chi connectivity index (χ4v) is 6.15. The van der Waals surface area contributed by atoms with Gasteiger partial charge in [0.1, 0.15) is 0 Å². The Bertz CT molecular complexity index is 1260. The minimum Gasteiger partial charge on any atom is -0.389 e. The third-order valence-corrected chi connectivity index (χ3v) is 9.47. The van der Waals surface area contributed by atoms with Gasteiger partial charge >= 0.3 is 0 Å². The third kappa shape index (κ3) is 6.37. The summed E-state index contributed by atoms with van der Waals surface area (Å²) in [5, 5.41) is 6.57. The summed E-state index contributed by atoms with van der Waals surface area (Å²) in [6.07, 6.45) is 5.00. The number of carbonyl (C=O) groups excluding carboxylic acids is 1. The number of ether oxygens (including phenoxy) is 1. The van der Waals surface area contributed by atoms with Gasteiger partial charge < -0.3 is 19.8 Å². The first kappa shape index (κ1) is 26.7. The predicted molar refractivity (Wildman–Crippen MR) is 142 cm³/mol. The number of hydrogen-bond acceptors (Lipinski definition) is 10. The summed E-state index contributed by atoms with van der Waals surface area (Å²) >= 11 is 0. The van der Waals surface area contributed by atoms with Gasteiger partial charge in [0.05, 0.1) is 41.4 Å². The summed E-state index contributed by atoms with van der Waals surface area (Å²) in [6.45, 7) is 6.81. The molecular formula is C26H34N6O5S. The Morgan fingerprint density at radius 1 is 1.16 bits per heavy atom. The number of piperazine rings is 1. The number of anilines is 1. The lowest BCUT2D eigenvalue weighted by molar-refractivity contribution is -0.110. The molecule has 2 aliphatic heterocycles. The molecular weight excluding hydrogens is 508 g/mol. The second kappa shape index (κ2) is 11.4. The number of sulfone groups is 1. The van der Waals surface area contributed by atoms with E-state index < -0.39 is 15.7 Å². The molecule has 3 aliphatic rings. The summed E-state index contributed by atoms with van der Waals surface area (Å²) in [5.74, 6) is -0.244. The molecule has 204 valence electrons. The van der Waals surface area contributed by atoms with Crippen molar-refractivity contribution in [2.45, 2.75) is 55.0 Å². The molecule has 1 saturated carbocycles. The smallest absolute Gasteiger partial charge is 0.279 e. The van der Waals surface area contributed by atoms with Crippen molar-refractivity contribution in [3.8, 4) is 0 Å². The van der Waals surface area contributed by atoms with Gasteiger partial charge in [0, 0.05) is 44.2 Å². The summed E-state index contributed by atoms with van der Waals surface area (Å²) in [5.41, 5.74) is 1.28. The molecule has 0 radical (unpaired) electrons. The van der Waals surface area contributed by atoms with Crippen LogP contribution in [0.1, 0.15) is 37.4 Å². The van der Waals surface area contributed by atoms with Crippen LogP contribution in [-0.2, 0) is 30.8 Å². The van der Waals surface area contributed by atoms with E-state index >= 15 is 0 Å². The molecule has 2 aromatic rings. The monoisotopic (exact) mass is 542 g/mol. The molecule has 12 heteroatoms. The number of oxime groups is 1. The molecule has 0 spiro atoms. The van der Waals surface area contributed by atoms with Gasteiger partial charge in [-0.15, -0.1) is 0 Å². The van der Waals surface area contributed by atoms with Crippen LogP contribution < -0.4 is 5.32 Å². The fourth-order valence-electron chi connectivity index (χ4n) is 4.49. The number of nitrogens with one attached hydrogen (secondary N) is 1. The van der Waals surface area contributed by atoms with Crippen molar-refractivity contribution < 1.29 is 22.8 Å². The van der Waals surface area contributed by atoms with E-state index in [0.717, 1.165) is 25.3 Å². The Balaban J connectivity index is 1.28. The minimum absolute atomic E-state index is 0.0181. The molecule has 3 heterocycles. The highest BCUT2D eigenvalue weighted by molar-refractivity contribution is 7.92. The summed E-state index contributed by atoms with van der Waals surface area (Å²) in [4.78, 5) is 32.6. The maximum absolute atomic E-state index is 13.2. The van der Waals surface area contributed by atoms with E-state index in [2.05, 4.69) is 44.2 Å². The first-order valence-electron chi connectivity index (χ1n) is 13.0. The average Bonchev–Trinajstić information content (AvgIpc) is 3.65. The number of benzene rings is 1. The van der Waals surface area contributed by atoms with Crippen molar-refractivity contribution in [2.24, 2.45) is 5.16 Å². The molecule has 1 aromatic carbocycles. The summed E-state index contributed by atoms with van der Waals surface area (Å²) < 4.78 is 30.5. The van der Waals surface area contributed by atoms with Crippen LogP contribution in [0.4, 0.5) is 5.82 Å². The second-order valence-corrected chi connectivity index (χ2v) is 12.4. The van der Waals surface area contributed by atoms with Gasteiger partial charge in [0.25, 0.3) is 5.91 Å². The van der Waals surface area contributed by atoms with Crippen molar-refractivity contribution in [1.82, 2.24) is 19.8 Å². The molecule has 5 rings (SSSR count). The van der Waals surface area contributed by atoms with Crippen LogP contribution in [0.5, 0.6) is 0 Å². The van der Waals surface area contributed by atoms with Crippen LogP contribution in [0.2, 0.25) is 0 Å². The maximum atomic E-state index is 13.2. The Labute approximate surface area is 223 Å². The molecule has 1 aliphatic carbocycles. The van der Waals surface area contributed by atoms with Crippen molar-refractivity contribution in [3.63, 3.8) is 0 Å². The van der Waals surface area contributed by atoms with Gasteiger partial charge in [0.2, 0.25) is 0 Å². The SMILES string of the molecule is C[C@H]1CN(Cc2cnc(NC(=O)/C(=N/O[C@@H]3CCOC3)c3ccc(S(=O)(=O)C4CC4)cc3)cn2)CCN1C. The molecule has 2 atom stereocenters. The van der Waals surface area contributed by atoms with Gasteiger partial charge in [-0.1, -0.05) is 17.3 Å². The standard InChI is InChI=1S/C26H34N6O5S/c1-18-15-32(11-10-31(18)2)16-20-13-28-24(14-27-20)29-26(33)25(30-37-21-9-12-36-17-21)19-3-5-22(6-4-19)38(34,35)23-7-8-23/h3-6,13-14,18,21,23H,7-12,15-17H2,1-2H3,(H,28,29,33)/b30-25+/t18-,21+/m0/s1. The quantitative estimate of drug-likeness (QED) is 0.372. The number of likely N-dealkylation sites (N-methyl/N-ethyl adjacent to an activating group) is 1. The minimum atomic E-state index is -3.34. The first-order valence-corrected chi connectivity index (χ1v) is 14.5. The molecule has 0 bridgehead atoms.